The molecule has 2 aromatic rings. The molecule has 1 unspecified atom stereocenters. The summed E-state index contributed by atoms with van der Waals surface area (Å²) in [5.41, 5.74) is 1.09. The molecule has 0 saturated heterocycles. The normalized spacial score (nSPS) is 13.7. The van der Waals surface area contributed by atoms with Crippen molar-refractivity contribution in [2.24, 2.45) is 5.92 Å². The first-order chi connectivity index (χ1) is 11.4. The van der Waals surface area contributed by atoms with Crippen molar-refractivity contribution in [1.82, 2.24) is 10.6 Å². The number of ether oxygens (including phenoxy) is 1. The fraction of sp³-hybridized carbons (Fsp3) is 0.444. The van der Waals surface area contributed by atoms with Crippen LogP contribution in [-0.4, -0.2) is 31.6 Å². The van der Waals surface area contributed by atoms with Crippen LogP contribution in [0.25, 0.3) is 10.1 Å². The lowest BCUT2D eigenvalue weighted by atomic mass is 10.0. The highest BCUT2D eigenvalue weighted by Gasteiger charge is 2.26. The molecule has 0 aliphatic carbocycles. The summed E-state index contributed by atoms with van der Waals surface area (Å²) in [6.45, 7) is 5.71. The second-order valence-electron chi connectivity index (χ2n) is 6.14. The number of amides is 2. The number of thiophene rings is 1. The van der Waals surface area contributed by atoms with E-state index in [0.717, 1.165) is 10.9 Å². The molecule has 2 rings (SSSR count). The van der Waals surface area contributed by atoms with Gasteiger partial charge in [0.15, 0.2) is 0 Å². The molecule has 0 fully saturated rings. The predicted octanol–water partition coefficient (Wildman–Crippen LogP) is 2.87. The lowest BCUT2D eigenvalue weighted by Gasteiger charge is -2.24. The predicted molar refractivity (Wildman–Crippen MR) is 97.0 cm³/mol. The Balaban J connectivity index is 2.09. The minimum atomic E-state index is -0.583. The van der Waals surface area contributed by atoms with Gasteiger partial charge in [-0.05, 0) is 35.2 Å². The highest BCUT2D eigenvalue weighted by molar-refractivity contribution is 7.17. The van der Waals surface area contributed by atoms with Crippen molar-refractivity contribution >= 4 is 33.2 Å². The molecule has 2 atom stereocenters. The molecule has 6 heteroatoms. The Morgan fingerprint density at radius 1 is 1.17 bits per heavy atom. The molecule has 1 aromatic carbocycles. The topological polar surface area (TPSA) is 67.4 Å². The number of fused-ring (bicyclic) bond motifs is 1. The average molecular weight is 348 g/mol. The van der Waals surface area contributed by atoms with Gasteiger partial charge in [-0.15, -0.1) is 11.3 Å². The summed E-state index contributed by atoms with van der Waals surface area (Å²) in [4.78, 5) is 24.3. The molecule has 0 radical (unpaired) electrons. The number of carbonyl (C=O) groups excluding carboxylic acids is 2. The van der Waals surface area contributed by atoms with Crippen LogP contribution in [0.3, 0.4) is 0 Å². The second kappa shape index (κ2) is 8.26. The Kier molecular flexibility index (Phi) is 6.34. The lowest BCUT2D eigenvalue weighted by Crippen LogP contribution is -2.50. The van der Waals surface area contributed by atoms with Crippen LogP contribution < -0.4 is 10.6 Å². The van der Waals surface area contributed by atoms with E-state index in [0.29, 0.717) is 0 Å². The SMILES string of the molecule is COCC(=O)N[C@H](C(=O)NC(C)c1csc2ccccc12)C(C)C. The zero-order chi connectivity index (χ0) is 17.7. The minimum Gasteiger partial charge on any atom is -0.375 e. The van der Waals surface area contributed by atoms with Crippen molar-refractivity contribution in [3.05, 3.63) is 35.2 Å². The molecule has 0 bridgehead atoms. The first-order valence-electron chi connectivity index (χ1n) is 7.98. The van der Waals surface area contributed by atoms with Crippen molar-refractivity contribution in [2.45, 2.75) is 32.9 Å². The van der Waals surface area contributed by atoms with Crippen LogP contribution in [0.1, 0.15) is 32.4 Å². The van der Waals surface area contributed by atoms with E-state index in [1.54, 1.807) is 11.3 Å². The Bertz CT molecular complexity index is 711. The van der Waals surface area contributed by atoms with Crippen molar-refractivity contribution in [3.63, 3.8) is 0 Å². The molecule has 0 aliphatic rings. The summed E-state index contributed by atoms with van der Waals surface area (Å²) in [5.74, 6) is -0.491. The van der Waals surface area contributed by atoms with Gasteiger partial charge in [-0.2, -0.15) is 0 Å². The van der Waals surface area contributed by atoms with Gasteiger partial charge < -0.3 is 15.4 Å². The fourth-order valence-electron chi connectivity index (χ4n) is 2.60. The largest absolute Gasteiger partial charge is 0.375 e. The van der Waals surface area contributed by atoms with E-state index in [-0.39, 0.29) is 30.4 Å². The van der Waals surface area contributed by atoms with E-state index in [1.165, 1.54) is 11.8 Å². The Morgan fingerprint density at radius 2 is 1.88 bits per heavy atom. The minimum absolute atomic E-state index is 0.0165. The maximum absolute atomic E-state index is 12.6. The van der Waals surface area contributed by atoms with Crippen LogP contribution in [0.5, 0.6) is 0 Å². The van der Waals surface area contributed by atoms with Crippen molar-refractivity contribution in [1.29, 1.82) is 0 Å². The van der Waals surface area contributed by atoms with Gasteiger partial charge in [0, 0.05) is 11.8 Å². The standard InChI is InChI=1S/C18H24N2O3S/c1-11(2)17(20-16(21)9-23-4)18(22)19-12(3)14-10-24-15-8-6-5-7-13(14)15/h5-8,10-12,17H,9H2,1-4H3,(H,19,22)(H,20,21)/t12?,17-/m0/s1. The number of rotatable bonds is 7. The third-order valence-corrected chi connectivity index (χ3v) is 4.86. The van der Waals surface area contributed by atoms with Gasteiger partial charge in [-0.1, -0.05) is 32.0 Å². The lowest BCUT2D eigenvalue weighted by molar-refractivity contribution is -0.132. The van der Waals surface area contributed by atoms with E-state index in [9.17, 15) is 9.59 Å². The molecule has 2 N–H and O–H groups in total. The summed E-state index contributed by atoms with van der Waals surface area (Å²) in [7, 11) is 1.45. The molecule has 1 heterocycles. The fourth-order valence-corrected chi connectivity index (χ4v) is 3.65. The van der Waals surface area contributed by atoms with E-state index >= 15 is 0 Å². The van der Waals surface area contributed by atoms with Gasteiger partial charge >= 0.3 is 0 Å². The van der Waals surface area contributed by atoms with Gasteiger partial charge in [0.05, 0.1) is 6.04 Å². The molecular formula is C18H24N2O3S. The number of methoxy groups -OCH3 is 1. The molecule has 2 amide bonds. The van der Waals surface area contributed by atoms with Gasteiger partial charge in [0.25, 0.3) is 0 Å². The van der Waals surface area contributed by atoms with Crippen molar-refractivity contribution < 1.29 is 14.3 Å². The van der Waals surface area contributed by atoms with Crippen LogP contribution in [0.2, 0.25) is 0 Å². The number of carbonyl (C=O) groups is 2. The van der Waals surface area contributed by atoms with Crippen LogP contribution in [0.4, 0.5) is 0 Å². The third kappa shape index (κ3) is 4.33. The summed E-state index contributed by atoms with van der Waals surface area (Å²) >= 11 is 1.66. The number of nitrogens with one attached hydrogen (secondary N) is 2. The number of hydrogen-bond donors (Lipinski definition) is 2. The highest BCUT2D eigenvalue weighted by atomic mass is 32.1. The third-order valence-electron chi connectivity index (χ3n) is 3.88. The van der Waals surface area contributed by atoms with Crippen molar-refractivity contribution in [3.8, 4) is 0 Å². The summed E-state index contributed by atoms with van der Waals surface area (Å²) in [6.07, 6.45) is 0. The van der Waals surface area contributed by atoms with Crippen LogP contribution in [-0.2, 0) is 14.3 Å². The average Bonchev–Trinajstić information content (AvgIpc) is 2.96. The Hall–Kier alpha value is -1.92. The van der Waals surface area contributed by atoms with Crippen LogP contribution >= 0.6 is 11.3 Å². The van der Waals surface area contributed by atoms with Crippen LogP contribution in [0, 0.1) is 5.92 Å². The Labute approximate surface area is 146 Å². The number of benzene rings is 1. The maximum Gasteiger partial charge on any atom is 0.246 e. The van der Waals surface area contributed by atoms with E-state index in [2.05, 4.69) is 28.1 Å². The zero-order valence-electron chi connectivity index (χ0n) is 14.5. The van der Waals surface area contributed by atoms with Gasteiger partial charge in [-0.25, -0.2) is 0 Å². The molecule has 5 nitrogen and oxygen atoms in total. The van der Waals surface area contributed by atoms with Crippen molar-refractivity contribution in [2.75, 3.05) is 13.7 Å². The summed E-state index contributed by atoms with van der Waals surface area (Å²) < 4.78 is 6.01. The van der Waals surface area contributed by atoms with E-state index in [4.69, 9.17) is 4.74 Å². The molecular weight excluding hydrogens is 324 g/mol. The highest BCUT2D eigenvalue weighted by Crippen LogP contribution is 2.30. The maximum atomic E-state index is 12.6. The first-order valence-corrected chi connectivity index (χ1v) is 8.86. The molecule has 1 aromatic heterocycles. The molecule has 0 spiro atoms. The zero-order valence-corrected chi connectivity index (χ0v) is 15.3. The molecule has 0 aliphatic heterocycles. The smallest absolute Gasteiger partial charge is 0.246 e. The number of hydrogen-bond acceptors (Lipinski definition) is 4. The second-order valence-corrected chi connectivity index (χ2v) is 7.05. The van der Waals surface area contributed by atoms with Gasteiger partial charge in [-0.3, -0.25) is 9.59 Å². The first kappa shape index (κ1) is 18.4. The van der Waals surface area contributed by atoms with Crippen LogP contribution in [0.15, 0.2) is 29.6 Å². The van der Waals surface area contributed by atoms with E-state index < -0.39 is 6.04 Å². The van der Waals surface area contributed by atoms with E-state index in [1.807, 2.05) is 32.9 Å². The summed E-state index contributed by atoms with van der Waals surface area (Å²) in [6, 6.07) is 7.42. The quantitative estimate of drug-likeness (QED) is 0.808. The summed E-state index contributed by atoms with van der Waals surface area (Å²) in [5, 5.41) is 8.97. The monoisotopic (exact) mass is 348 g/mol. The van der Waals surface area contributed by atoms with Gasteiger partial charge in [0.2, 0.25) is 11.8 Å². The Morgan fingerprint density at radius 3 is 2.54 bits per heavy atom. The van der Waals surface area contributed by atoms with Gasteiger partial charge in [0.1, 0.15) is 12.6 Å². The molecule has 24 heavy (non-hydrogen) atoms. The molecule has 130 valence electrons. The molecule has 0 saturated carbocycles.